The van der Waals surface area contributed by atoms with Crippen molar-refractivity contribution in [2.75, 3.05) is 7.11 Å². The van der Waals surface area contributed by atoms with Gasteiger partial charge < -0.3 is 10.1 Å². The number of carbonyl (C=O) groups excluding carboxylic acids is 1. The second-order valence-electron chi connectivity index (χ2n) is 8.63. The second-order valence-corrected chi connectivity index (χ2v) is 8.63. The number of rotatable bonds is 5. The Morgan fingerprint density at radius 3 is 2.11 bits per heavy atom. The number of nitrogens with one attached hydrogen (secondary N) is 1. The molecule has 1 N–H and O–H groups in total. The van der Waals surface area contributed by atoms with Gasteiger partial charge in [-0.3, -0.25) is 4.79 Å². The van der Waals surface area contributed by atoms with Crippen LogP contribution in [0.4, 0.5) is 0 Å². The van der Waals surface area contributed by atoms with E-state index >= 15 is 0 Å². The van der Waals surface area contributed by atoms with Gasteiger partial charge in [0.15, 0.2) is 0 Å². The van der Waals surface area contributed by atoms with Gasteiger partial charge in [0.25, 0.3) is 5.91 Å². The van der Waals surface area contributed by atoms with Gasteiger partial charge in [0.1, 0.15) is 5.75 Å². The summed E-state index contributed by atoms with van der Waals surface area (Å²) < 4.78 is 5.48. The molecular weight excluding hydrogens is 334 g/mol. The van der Waals surface area contributed by atoms with Gasteiger partial charge in [-0.15, -0.1) is 0 Å². The smallest absolute Gasteiger partial charge is 0.252 e. The van der Waals surface area contributed by atoms with Gasteiger partial charge in [0.05, 0.1) is 13.2 Å². The number of methoxy groups -OCH3 is 1. The lowest BCUT2D eigenvalue weighted by atomic mass is 9.86. The maximum absolute atomic E-state index is 12.9. The van der Waals surface area contributed by atoms with E-state index in [0.717, 1.165) is 22.4 Å². The predicted molar refractivity (Wildman–Crippen MR) is 113 cm³/mol. The Labute approximate surface area is 164 Å². The summed E-state index contributed by atoms with van der Waals surface area (Å²) in [4.78, 5) is 12.9. The summed E-state index contributed by atoms with van der Waals surface area (Å²) in [6, 6.07) is 12.4. The molecule has 2 rings (SSSR count). The first-order valence-electron chi connectivity index (χ1n) is 9.64. The zero-order valence-corrected chi connectivity index (χ0v) is 17.9. The van der Waals surface area contributed by atoms with E-state index in [-0.39, 0.29) is 23.3 Å². The van der Waals surface area contributed by atoms with E-state index in [1.807, 2.05) is 26.0 Å². The van der Waals surface area contributed by atoms with Crippen LogP contribution in [0, 0.1) is 6.92 Å². The summed E-state index contributed by atoms with van der Waals surface area (Å²) in [6.45, 7) is 14.8. The number of hydrogen-bond donors (Lipinski definition) is 1. The van der Waals surface area contributed by atoms with Crippen LogP contribution in [0.1, 0.15) is 86.1 Å². The molecule has 0 saturated carbocycles. The lowest BCUT2D eigenvalue weighted by Crippen LogP contribution is -2.27. The van der Waals surface area contributed by atoms with Gasteiger partial charge in [-0.2, -0.15) is 0 Å². The highest BCUT2D eigenvalue weighted by molar-refractivity contribution is 5.96. The molecule has 0 bridgehead atoms. The minimum atomic E-state index is -0.0597. The van der Waals surface area contributed by atoms with Crippen molar-refractivity contribution in [3.05, 3.63) is 64.2 Å². The fraction of sp³-hybridized carbons (Fsp3) is 0.458. The minimum Gasteiger partial charge on any atom is -0.496 e. The van der Waals surface area contributed by atoms with E-state index in [4.69, 9.17) is 4.74 Å². The third-order valence-corrected chi connectivity index (χ3v) is 5.07. The van der Waals surface area contributed by atoms with Crippen molar-refractivity contribution in [3.63, 3.8) is 0 Å². The summed E-state index contributed by atoms with van der Waals surface area (Å²) in [6.07, 6.45) is 0. The summed E-state index contributed by atoms with van der Waals surface area (Å²) in [5.41, 5.74) is 5.19. The lowest BCUT2D eigenvalue weighted by molar-refractivity contribution is 0.0939. The number of carbonyl (C=O) groups is 1. The molecule has 0 saturated heterocycles. The minimum absolute atomic E-state index is 0.0514. The van der Waals surface area contributed by atoms with Gasteiger partial charge in [-0.05, 0) is 59.6 Å². The molecule has 0 heterocycles. The first kappa shape index (κ1) is 21.0. The van der Waals surface area contributed by atoms with Gasteiger partial charge in [0, 0.05) is 5.56 Å². The molecule has 0 unspecified atom stereocenters. The zero-order chi connectivity index (χ0) is 20.4. The third kappa shape index (κ3) is 4.91. The molecule has 0 aliphatic carbocycles. The molecule has 1 amide bonds. The summed E-state index contributed by atoms with van der Waals surface area (Å²) in [5, 5.41) is 3.14. The molecule has 2 aromatic rings. The van der Waals surface area contributed by atoms with Crippen LogP contribution in [0.25, 0.3) is 0 Å². The SMILES string of the molecule is COc1cc(C)c(C(=O)N[C@@H](C)c2ccc(C(C)(C)C)cc2)cc1C(C)C. The van der Waals surface area contributed by atoms with Crippen molar-refractivity contribution in [3.8, 4) is 5.75 Å². The molecular formula is C24H33NO2. The van der Waals surface area contributed by atoms with Crippen molar-refractivity contribution < 1.29 is 9.53 Å². The fourth-order valence-electron chi connectivity index (χ4n) is 3.20. The van der Waals surface area contributed by atoms with Crippen molar-refractivity contribution >= 4 is 5.91 Å². The van der Waals surface area contributed by atoms with Gasteiger partial charge in [0.2, 0.25) is 0 Å². The monoisotopic (exact) mass is 367 g/mol. The van der Waals surface area contributed by atoms with Gasteiger partial charge in [-0.1, -0.05) is 58.9 Å². The molecule has 146 valence electrons. The van der Waals surface area contributed by atoms with Crippen LogP contribution >= 0.6 is 0 Å². The molecule has 0 aromatic heterocycles. The average Bonchev–Trinajstić information content (AvgIpc) is 2.60. The Balaban J connectivity index is 2.22. The van der Waals surface area contributed by atoms with Gasteiger partial charge in [-0.25, -0.2) is 0 Å². The normalized spacial score (nSPS) is 12.8. The van der Waals surface area contributed by atoms with E-state index in [0.29, 0.717) is 5.56 Å². The van der Waals surface area contributed by atoms with Gasteiger partial charge >= 0.3 is 0 Å². The summed E-state index contributed by atoms with van der Waals surface area (Å²) >= 11 is 0. The highest BCUT2D eigenvalue weighted by Crippen LogP contribution is 2.30. The van der Waals surface area contributed by atoms with Crippen LogP contribution in [0.3, 0.4) is 0 Å². The van der Waals surface area contributed by atoms with Crippen LogP contribution in [0.15, 0.2) is 36.4 Å². The van der Waals surface area contributed by atoms with E-state index < -0.39 is 0 Å². The Bertz CT molecular complexity index is 798. The predicted octanol–water partition coefficient (Wildman–Crippen LogP) is 5.92. The van der Waals surface area contributed by atoms with E-state index in [9.17, 15) is 4.79 Å². The molecule has 27 heavy (non-hydrogen) atoms. The summed E-state index contributed by atoms with van der Waals surface area (Å²) in [5.74, 6) is 1.07. The molecule has 0 aliphatic rings. The van der Waals surface area contributed by atoms with Crippen molar-refractivity contribution in [2.45, 2.75) is 65.8 Å². The van der Waals surface area contributed by atoms with Crippen LogP contribution < -0.4 is 10.1 Å². The molecule has 0 radical (unpaired) electrons. The van der Waals surface area contributed by atoms with E-state index in [1.54, 1.807) is 7.11 Å². The number of amides is 1. The fourth-order valence-corrected chi connectivity index (χ4v) is 3.20. The molecule has 0 spiro atoms. The number of ether oxygens (including phenoxy) is 1. The maximum atomic E-state index is 12.9. The summed E-state index contributed by atoms with van der Waals surface area (Å²) in [7, 11) is 1.67. The highest BCUT2D eigenvalue weighted by Gasteiger charge is 2.19. The standard InChI is InChI=1S/C24H33NO2/c1-15(2)20-14-21(16(3)13-22(20)27-8)23(26)25-17(4)18-9-11-19(12-10-18)24(5,6)7/h9-15,17H,1-8H3,(H,25,26)/t17-/m0/s1. The molecule has 3 nitrogen and oxygen atoms in total. The molecule has 0 fully saturated rings. The van der Waals surface area contributed by atoms with E-state index in [1.165, 1.54) is 5.56 Å². The largest absolute Gasteiger partial charge is 0.496 e. The third-order valence-electron chi connectivity index (χ3n) is 5.07. The Hall–Kier alpha value is -2.29. The highest BCUT2D eigenvalue weighted by atomic mass is 16.5. The Morgan fingerprint density at radius 1 is 1.04 bits per heavy atom. The van der Waals surface area contributed by atoms with Crippen LogP contribution in [0.5, 0.6) is 5.75 Å². The first-order valence-corrected chi connectivity index (χ1v) is 9.64. The Morgan fingerprint density at radius 2 is 1.63 bits per heavy atom. The van der Waals surface area contributed by atoms with Crippen molar-refractivity contribution in [1.29, 1.82) is 0 Å². The topological polar surface area (TPSA) is 38.3 Å². The average molecular weight is 368 g/mol. The maximum Gasteiger partial charge on any atom is 0.252 e. The van der Waals surface area contributed by atoms with Crippen molar-refractivity contribution in [2.24, 2.45) is 0 Å². The lowest BCUT2D eigenvalue weighted by Gasteiger charge is -2.21. The first-order chi connectivity index (χ1) is 12.5. The van der Waals surface area contributed by atoms with Crippen molar-refractivity contribution in [1.82, 2.24) is 5.32 Å². The molecule has 0 aliphatic heterocycles. The number of aryl methyl sites for hydroxylation is 1. The molecule has 1 atom stereocenters. The van der Waals surface area contributed by atoms with E-state index in [2.05, 4.69) is 64.2 Å². The van der Waals surface area contributed by atoms with Crippen LogP contribution in [-0.4, -0.2) is 13.0 Å². The second kappa shape index (κ2) is 8.16. The Kier molecular flexibility index (Phi) is 6.35. The van der Waals surface area contributed by atoms with Crippen LogP contribution in [-0.2, 0) is 5.41 Å². The zero-order valence-electron chi connectivity index (χ0n) is 17.9. The molecule has 2 aromatic carbocycles. The van der Waals surface area contributed by atoms with Crippen LogP contribution in [0.2, 0.25) is 0 Å². The number of hydrogen-bond acceptors (Lipinski definition) is 2. The molecule has 3 heteroatoms. The quantitative estimate of drug-likeness (QED) is 0.713. The number of benzene rings is 2.